The fourth-order valence-electron chi connectivity index (χ4n) is 1.42. The lowest BCUT2D eigenvalue weighted by Crippen LogP contribution is -2.26. The number of benzene rings is 1. The number of ether oxygens (including phenoxy) is 1. The molecule has 1 aromatic rings. The van der Waals surface area contributed by atoms with E-state index in [0.717, 1.165) is 12.0 Å². The topological polar surface area (TPSA) is 46.5 Å². The van der Waals surface area contributed by atoms with Crippen LogP contribution < -0.4 is 0 Å². The Morgan fingerprint density at radius 1 is 1.38 bits per heavy atom. The van der Waals surface area contributed by atoms with Crippen LogP contribution in [0.1, 0.15) is 24.5 Å². The van der Waals surface area contributed by atoms with Gasteiger partial charge in [-0.15, -0.1) is 0 Å². The lowest BCUT2D eigenvalue weighted by molar-refractivity contribution is -0.150. The molecule has 3 nitrogen and oxygen atoms in total. The van der Waals surface area contributed by atoms with Gasteiger partial charge in [0, 0.05) is 13.0 Å². The summed E-state index contributed by atoms with van der Waals surface area (Å²) in [5.41, 5.74) is 2.17. The second kappa shape index (κ2) is 6.28. The third-order valence-corrected chi connectivity index (χ3v) is 2.34. The first-order valence-corrected chi connectivity index (χ1v) is 5.53. The number of rotatable bonds is 6. The molecule has 0 aliphatic heterocycles. The van der Waals surface area contributed by atoms with Crippen molar-refractivity contribution in [3.8, 4) is 0 Å². The van der Waals surface area contributed by atoms with Gasteiger partial charge in [-0.2, -0.15) is 0 Å². The lowest BCUT2D eigenvalue weighted by Gasteiger charge is -2.13. The first-order chi connectivity index (χ1) is 7.63. The van der Waals surface area contributed by atoms with E-state index in [4.69, 9.17) is 9.84 Å². The van der Waals surface area contributed by atoms with Gasteiger partial charge in [-0.3, -0.25) is 0 Å². The third-order valence-electron chi connectivity index (χ3n) is 2.34. The standard InChI is InChI=1S/C13H18O3/c1-3-8-16-12(13(14)15)9-11-6-4-10(2)5-7-11/h4-7,12H,3,8-9H2,1-2H3,(H,14,15). The van der Waals surface area contributed by atoms with E-state index in [0.29, 0.717) is 13.0 Å². The Balaban J connectivity index is 2.60. The van der Waals surface area contributed by atoms with Crippen molar-refractivity contribution in [3.63, 3.8) is 0 Å². The maximum Gasteiger partial charge on any atom is 0.333 e. The van der Waals surface area contributed by atoms with Gasteiger partial charge in [0.25, 0.3) is 0 Å². The van der Waals surface area contributed by atoms with Gasteiger partial charge in [-0.1, -0.05) is 36.8 Å². The van der Waals surface area contributed by atoms with E-state index in [9.17, 15) is 4.79 Å². The Hall–Kier alpha value is -1.35. The molecule has 3 heteroatoms. The number of carboxylic acid groups (broad SMARTS) is 1. The summed E-state index contributed by atoms with van der Waals surface area (Å²) < 4.78 is 5.29. The summed E-state index contributed by atoms with van der Waals surface area (Å²) in [5, 5.41) is 8.99. The number of hydrogen-bond donors (Lipinski definition) is 1. The summed E-state index contributed by atoms with van der Waals surface area (Å²) in [6.07, 6.45) is 0.524. The van der Waals surface area contributed by atoms with E-state index >= 15 is 0 Å². The predicted octanol–water partition coefficient (Wildman–Crippen LogP) is 2.42. The molecule has 0 spiro atoms. The number of carboxylic acids is 1. The van der Waals surface area contributed by atoms with Gasteiger partial charge in [-0.05, 0) is 18.9 Å². The minimum Gasteiger partial charge on any atom is -0.479 e. The fourth-order valence-corrected chi connectivity index (χ4v) is 1.42. The fraction of sp³-hybridized carbons (Fsp3) is 0.462. The Bertz CT molecular complexity index is 330. The number of aryl methyl sites for hydroxylation is 1. The van der Waals surface area contributed by atoms with E-state index in [1.165, 1.54) is 5.56 Å². The van der Waals surface area contributed by atoms with E-state index < -0.39 is 12.1 Å². The average molecular weight is 222 g/mol. The molecule has 88 valence electrons. The van der Waals surface area contributed by atoms with Crippen LogP contribution in [0.5, 0.6) is 0 Å². The monoisotopic (exact) mass is 222 g/mol. The Morgan fingerprint density at radius 3 is 2.50 bits per heavy atom. The molecule has 0 heterocycles. The highest BCUT2D eigenvalue weighted by atomic mass is 16.5. The van der Waals surface area contributed by atoms with Crippen molar-refractivity contribution in [1.29, 1.82) is 0 Å². The number of carbonyl (C=O) groups is 1. The van der Waals surface area contributed by atoms with Crippen LogP contribution in [0.2, 0.25) is 0 Å². The van der Waals surface area contributed by atoms with Crippen molar-refractivity contribution in [3.05, 3.63) is 35.4 Å². The van der Waals surface area contributed by atoms with E-state index in [1.807, 2.05) is 38.1 Å². The van der Waals surface area contributed by atoms with Gasteiger partial charge in [0.15, 0.2) is 6.10 Å². The zero-order valence-electron chi connectivity index (χ0n) is 9.77. The van der Waals surface area contributed by atoms with E-state index in [1.54, 1.807) is 0 Å². The molecule has 1 aromatic carbocycles. The third kappa shape index (κ3) is 4.03. The van der Waals surface area contributed by atoms with Crippen molar-refractivity contribution in [1.82, 2.24) is 0 Å². The quantitative estimate of drug-likeness (QED) is 0.804. The molecule has 1 atom stereocenters. The summed E-state index contributed by atoms with van der Waals surface area (Å²) in [4.78, 5) is 11.0. The van der Waals surface area contributed by atoms with Gasteiger partial charge in [-0.25, -0.2) is 4.79 Å². The first-order valence-electron chi connectivity index (χ1n) is 5.53. The van der Waals surface area contributed by atoms with Gasteiger partial charge >= 0.3 is 5.97 Å². The van der Waals surface area contributed by atoms with Crippen LogP contribution in [0.15, 0.2) is 24.3 Å². The van der Waals surface area contributed by atoms with Crippen LogP contribution in [-0.4, -0.2) is 23.8 Å². The maximum absolute atomic E-state index is 11.0. The smallest absolute Gasteiger partial charge is 0.333 e. The molecule has 0 aromatic heterocycles. The molecular formula is C13H18O3. The van der Waals surface area contributed by atoms with Crippen LogP contribution in [0.3, 0.4) is 0 Å². The van der Waals surface area contributed by atoms with Gasteiger partial charge in [0.1, 0.15) is 0 Å². The maximum atomic E-state index is 11.0. The van der Waals surface area contributed by atoms with Crippen LogP contribution in [0.25, 0.3) is 0 Å². The minimum absolute atomic E-state index is 0.426. The van der Waals surface area contributed by atoms with E-state index in [2.05, 4.69) is 0 Å². The normalized spacial score (nSPS) is 12.4. The summed E-state index contributed by atoms with van der Waals surface area (Å²) >= 11 is 0. The molecule has 16 heavy (non-hydrogen) atoms. The van der Waals surface area contributed by atoms with Crippen molar-refractivity contribution < 1.29 is 14.6 Å². The molecule has 0 amide bonds. The van der Waals surface area contributed by atoms with Crippen LogP contribution in [-0.2, 0) is 16.0 Å². The SMILES string of the molecule is CCCOC(Cc1ccc(C)cc1)C(=O)O. The molecule has 0 radical (unpaired) electrons. The van der Waals surface area contributed by atoms with Gasteiger partial charge in [0.2, 0.25) is 0 Å². The van der Waals surface area contributed by atoms with Crippen LogP contribution in [0.4, 0.5) is 0 Å². The molecule has 0 aliphatic rings. The molecule has 0 saturated heterocycles. The van der Waals surface area contributed by atoms with Crippen LogP contribution >= 0.6 is 0 Å². The molecule has 0 saturated carbocycles. The number of hydrogen-bond acceptors (Lipinski definition) is 2. The largest absolute Gasteiger partial charge is 0.479 e. The Kier molecular flexibility index (Phi) is 4.99. The van der Waals surface area contributed by atoms with Crippen LogP contribution in [0, 0.1) is 6.92 Å². The predicted molar refractivity (Wildman–Crippen MR) is 62.5 cm³/mol. The highest BCUT2D eigenvalue weighted by molar-refractivity contribution is 5.72. The molecule has 1 rings (SSSR count). The molecular weight excluding hydrogens is 204 g/mol. The summed E-state index contributed by atoms with van der Waals surface area (Å²) in [6.45, 7) is 4.46. The van der Waals surface area contributed by atoms with E-state index in [-0.39, 0.29) is 0 Å². The summed E-state index contributed by atoms with van der Waals surface area (Å²) in [7, 11) is 0. The Labute approximate surface area is 96.1 Å². The summed E-state index contributed by atoms with van der Waals surface area (Å²) in [6, 6.07) is 7.85. The second-order valence-electron chi connectivity index (χ2n) is 3.89. The Morgan fingerprint density at radius 2 is 2.00 bits per heavy atom. The van der Waals surface area contributed by atoms with Gasteiger partial charge < -0.3 is 9.84 Å². The molecule has 1 N–H and O–H groups in total. The average Bonchev–Trinajstić information content (AvgIpc) is 2.26. The highest BCUT2D eigenvalue weighted by Crippen LogP contribution is 2.08. The van der Waals surface area contributed by atoms with Crippen molar-refractivity contribution in [2.75, 3.05) is 6.61 Å². The van der Waals surface area contributed by atoms with Crippen molar-refractivity contribution in [2.24, 2.45) is 0 Å². The molecule has 0 aliphatic carbocycles. The number of aliphatic carboxylic acids is 1. The lowest BCUT2D eigenvalue weighted by atomic mass is 10.1. The van der Waals surface area contributed by atoms with Crippen molar-refractivity contribution >= 4 is 5.97 Å². The van der Waals surface area contributed by atoms with Gasteiger partial charge in [0.05, 0.1) is 0 Å². The van der Waals surface area contributed by atoms with Crippen molar-refractivity contribution in [2.45, 2.75) is 32.8 Å². The zero-order valence-corrected chi connectivity index (χ0v) is 9.77. The molecule has 0 fully saturated rings. The second-order valence-corrected chi connectivity index (χ2v) is 3.89. The minimum atomic E-state index is -0.894. The molecule has 0 bridgehead atoms. The first kappa shape index (κ1) is 12.7. The molecule has 1 unspecified atom stereocenters. The summed E-state index contributed by atoms with van der Waals surface area (Å²) in [5.74, 6) is -0.894. The highest BCUT2D eigenvalue weighted by Gasteiger charge is 2.17. The zero-order chi connectivity index (χ0) is 12.0.